The van der Waals surface area contributed by atoms with Crippen molar-refractivity contribution in [3.8, 4) is 5.75 Å². The van der Waals surface area contributed by atoms with Crippen molar-refractivity contribution in [1.82, 2.24) is 9.80 Å². The van der Waals surface area contributed by atoms with Crippen molar-refractivity contribution in [2.45, 2.75) is 52.2 Å². The third-order valence-electron chi connectivity index (χ3n) is 6.94. The number of anilines is 1. The van der Waals surface area contributed by atoms with Gasteiger partial charge in [0.15, 0.2) is 0 Å². The lowest BCUT2D eigenvalue weighted by molar-refractivity contribution is -0.122. The number of nitrogens with zero attached hydrogens (tertiary/aromatic N) is 2. The monoisotopic (exact) mass is 475 g/mol. The van der Waals surface area contributed by atoms with Gasteiger partial charge in [-0.25, -0.2) is 0 Å². The summed E-state index contributed by atoms with van der Waals surface area (Å²) in [6, 6.07) is 5.52. The van der Waals surface area contributed by atoms with Gasteiger partial charge in [-0.1, -0.05) is 13.8 Å². The number of carbonyl (C=O) groups is 2. The van der Waals surface area contributed by atoms with Crippen LogP contribution in [-0.4, -0.2) is 87.4 Å². The topological polar surface area (TPSA) is 80.3 Å². The molecule has 8 nitrogen and oxygen atoms in total. The van der Waals surface area contributed by atoms with Crippen LogP contribution in [0.2, 0.25) is 0 Å². The summed E-state index contributed by atoms with van der Waals surface area (Å²) in [5.41, 5.74) is 1.05. The van der Waals surface area contributed by atoms with Gasteiger partial charge < -0.3 is 24.4 Å². The Morgan fingerprint density at radius 2 is 1.94 bits per heavy atom. The zero-order chi connectivity index (χ0) is 24.7. The molecule has 1 N–H and O–H groups in total. The minimum absolute atomic E-state index is 0.0322. The quantitative estimate of drug-likeness (QED) is 0.704. The highest BCUT2D eigenvalue weighted by Gasteiger charge is 2.28. The van der Waals surface area contributed by atoms with Gasteiger partial charge in [-0.15, -0.1) is 0 Å². The molecule has 0 aromatic heterocycles. The van der Waals surface area contributed by atoms with E-state index < -0.39 is 0 Å². The van der Waals surface area contributed by atoms with Crippen LogP contribution in [0.4, 0.5) is 5.69 Å². The van der Waals surface area contributed by atoms with Gasteiger partial charge in [0.2, 0.25) is 5.91 Å². The molecule has 2 aliphatic rings. The first-order valence-corrected chi connectivity index (χ1v) is 12.5. The highest BCUT2D eigenvalue weighted by Crippen LogP contribution is 2.27. The molecule has 0 radical (unpaired) electrons. The highest BCUT2D eigenvalue weighted by molar-refractivity contribution is 5.99. The number of methoxy groups -OCH3 is 1. The van der Waals surface area contributed by atoms with Crippen LogP contribution < -0.4 is 10.1 Å². The van der Waals surface area contributed by atoms with Crippen molar-refractivity contribution in [2.75, 3.05) is 58.9 Å². The first kappa shape index (κ1) is 26.4. The summed E-state index contributed by atoms with van der Waals surface area (Å²) < 4.78 is 17.3. The van der Waals surface area contributed by atoms with Crippen molar-refractivity contribution in [3.63, 3.8) is 0 Å². The fraction of sp³-hybridized carbons (Fsp3) is 0.692. The molecule has 2 amide bonds. The molecule has 1 aromatic rings. The van der Waals surface area contributed by atoms with Crippen molar-refractivity contribution < 1.29 is 23.8 Å². The number of hydrogen-bond acceptors (Lipinski definition) is 6. The van der Waals surface area contributed by atoms with Gasteiger partial charge in [-0.3, -0.25) is 14.5 Å². The summed E-state index contributed by atoms with van der Waals surface area (Å²) in [5.74, 6) is 0.532. The molecule has 0 spiro atoms. The number of ether oxygens (including phenoxy) is 3. The number of hydrogen-bond donors (Lipinski definition) is 1. The molecule has 3 rings (SSSR count). The molecule has 3 atom stereocenters. The first-order valence-electron chi connectivity index (χ1n) is 12.5. The molecule has 0 unspecified atom stereocenters. The third kappa shape index (κ3) is 6.71. The average Bonchev–Trinajstić information content (AvgIpc) is 2.85. The lowest BCUT2D eigenvalue weighted by Gasteiger charge is -2.35. The molecule has 0 aliphatic carbocycles. The maximum absolute atomic E-state index is 13.5. The SMILES string of the molecule is CCCN1C[C@H](C)[C@@H](OC)CN(C)C(=O)c2cc(NC(=O)C3CCOCC3)ccc2OC[C@H]1C. The normalized spacial score (nSPS) is 25.6. The van der Waals surface area contributed by atoms with E-state index in [9.17, 15) is 9.59 Å². The van der Waals surface area contributed by atoms with Crippen LogP contribution in [0.5, 0.6) is 5.75 Å². The first-order chi connectivity index (χ1) is 16.3. The summed E-state index contributed by atoms with van der Waals surface area (Å²) in [6.45, 7) is 10.5. The fourth-order valence-corrected chi connectivity index (χ4v) is 4.73. The van der Waals surface area contributed by atoms with E-state index in [0.29, 0.717) is 56.2 Å². The van der Waals surface area contributed by atoms with Gasteiger partial charge in [0.25, 0.3) is 5.91 Å². The van der Waals surface area contributed by atoms with Crippen molar-refractivity contribution in [1.29, 1.82) is 0 Å². The Labute approximate surface area is 203 Å². The molecule has 8 heteroatoms. The van der Waals surface area contributed by atoms with Crippen LogP contribution in [0.3, 0.4) is 0 Å². The van der Waals surface area contributed by atoms with Gasteiger partial charge >= 0.3 is 0 Å². The molecule has 34 heavy (non-hydrogen) atoms. The summed E-state index contributed by atoms with van der Waals surface area (Å²) in [7, 11) is 3.50. The number of benzene rings is 1. The van der Waals surface area contributed by atoms with Gasteiger partial charge in [0, 0.05) is 58.1 Å². The smallest absolute Gasteiger partial charge is 0.257 e. The predicted molar refractivity (Wildman–Crippen MR) is 132 cm³/mol. The van der Waals surface area contributed by atoms with E-state index in [4.69, 9.17) is 14.2 Å². The molecule has 0 saturated carbocycles. The van der Waals surface area contributed by atoms with E-state index in [2.05, 4.69) is 31.0 Å². The van der Waals surface area contributed by atoms with Crippen LogP contribution in [0.25, 0.3) is 0 Å². The lowest BCUT2D eigenvalue weighted by atomic mass is 9.99. The van der Waals surface area contributed by atoms with Crippen molar-refractivity contribution >= 4 is 17.5 Å². The molecule has 1 saturated heterocycles. The molecule has 1 aromatic carbocycles. The summed E-state index contributed by atoms with van der Waals surface area (Å²) >= 11 is 0. The summed E-state index contributed by atoms with van der Waals surface area (Å²) in [4.78, 5) is 30.3. The maximum Gasteiger partial charge on any atom is 0.257 e. The Morgan fingerprint density at radius 1 is 1.21 bits per heavy atom. The van der Waals surface area contributed by atoms with Gasteiger partial charge in [0.05, 0.1) is 11.7 Å². The predicted octanol–water partition coefficient (Wildman–Crippen LogP) is 3.27. The number of carbonyl (C=O) groups excluding carboxylic acids is 2. The summed E-state index contributed by atoms with van der Waals surface area (Å²) in [5, 5.41) is 2.99. The second kappa shape index (κ2) is 12.5. The maximum atomic E-state index is 13.5. The van der Waals surface area contributed by atoms with Crippen LogP contribution >= 0.6 is 0 Å². The van der Waals surface area contributed by atoms with E-state index in [0.717, 1.165) is 19.5 Å². The van der Waals surface area contributed by atoms with Gasteiger partial charge in [-0.2, -0.15) is 0 Å². The molecular formula is C26H41N3O5. The Morgan fingerprint density at radius 3 is 2.62 bits per heavy atom. The van der Waals surface area contributed by atoms with Gasteiger partial charge in [-0.05, 0) is 56.8 Å². The fourth-order valence-electron chi connectivity index (χ4n) is 4.73. The summed E-state index contributed by atoms with van der Waals surface area (Å²) in [6.07, 6.45) is 2.40. The molecular weight excluding hydrogens is 434 g/mol. The Balaban J connectivity index is 1.87. The molecule has 2 aliphatic heterocycles. The van der Waals surface area contributed by atoms with E-state index in [1.54, 1.807) is 31.2 Å². The lowest BCUT2D eigenvalue weighted by Crippen LogP contribution is -2.46. The molecule has 0 bridgehead atoms. The Hall–Kier alpha value is -2.16. The van der Waals surface area contributed by atoms with Crippen LogP contribution in [0, 0.1) is 11.8 Å². The highest BCUT2D eigenvalue weighted by atomic mass is 16.5. The average molecular weight is 476 g/mol. The third-order valence-corrected chi connectivity index (χ3v) is 6.94. The number of likely N-dealkylation sites (N-methyl/N-ethyl adjacent to an activating group) is 1. The molecule has 2 heterocycles. The standard InChI is InChI=1S/C26H41N3O5/c1-6-11-29-15-18(2)24(32-5)16-28(4)26(31)22-14-21(7-8-23(22)34-17-19(29)3)27-25(30)20-9-12-33-13-10-20/h7-8,14,18-20,24H,6,9-13,15-17H2,1-5H3,(H,27,30)/t18-,19+,24-/m0/s1. The minimum Gasteiger partial charge on any atom is -0.491 e. The van der Waals surface area contributed by atoms with Crippen LogP contribution in [0.1, 0.15) is 50.4 Å². The van der Waals surface area contributed by atoms with E-state index in [-0.39, 0.29) is 35.8 Å². The van der Waals surface area contributed by atoms with E-state index in [1.807, 2.05) is 6.07 Å². The van der Waals surface area contributed by atoms with Gasteiger partial charge in [0.1, 0.15) is 12.4 Å². The second-order valence-electron chi connectivity index (χ2n) is 9.68. The van der Waals surface area contributed by atoms with Crippen LogP contribution in [-0.2, 0) is 14.3 Å². The number of nitrogens with one attached hydrogen (secondary N) is 1. The van der Waals surface area contributed by atoms with Crippen molar-refractivity contribution in [2.24, 2.45) is 11.8 Å². The Bertz CT molecular complexity index is 827. The van der Waals surface area contributed by atoms with Crippen LogP contribution in [0.15, 0.2) is 18.2 Å². The van der Waals surface area contributed by atoms with E-state index >= 15 is 0 Å². The van der Waals surface area contributed by atoms with E-state index in [1.165, 1.54) is 0 Å². The second-order valence-corrected chi connectivity index (χ2v) is 9.68. The number of fused-ring (bicyclic) bond motifs is 1. The zero-order valence-corrected chi connectivity index (χ0v) is 21.3. The largest absolute Gasteiger partial charge is 0.491 e. The number of rotatable bonds is 5. The number of amides is 2. The molecule has 1 fully saturated rings. The zero-order valence-electron chi connectivity index (χ0n) is 21.3. The molecule has 190 valence electrons. The van der Waals surface area contributed by atoms with Crippen molar-refractivity contribution in [3.05, 3.63) is 23.8 Å². The Kier molecular flexibility index (Phi) is 9.74. The minimum atomic E-state index is -0.148.